The molecule has 0 unspecified atom stereocenters. The molecule has 0 atom stereocenters. The van der Waals surface area contributed by atoms with Gasteiger partial charge in [-0.1, -0.05) is 44.2 Å². The summed E-state index contributed by atoms with van der Waals surface area (Å²) in [4.78, 5) is 0. The molecule has 0 saturated carbocycles. The standard InChI is InChI=1S/C6H6.F2O2S/c1-2-4-6-5-3-1;1-5(2,3)4/h1-6H;. The Kier molecular flexibility index (Phi) is 4.36. The molecule has 0 bridgehead atoms. The highest BCUT2D eigenvalue weighted by Gasteiger charge is 1.94. The summed E-state index contributed by atoms with van der Waals surface area (Å²) in [6.07, 6.45) is 0. The lowest BCUT2D eigenvalue weighted by atomic mass is 10.4. The number of rotatable bonds is 0. The Morgan fingerprint density at radius 1 is 0.727 bits per heavy atom. The first-order valence-corrected chi connectivity index (χ1v) is 3.93. The van der Waals surface area contributed by atoms with Gasteiger partial charge in [0.1, 0.15) is 0 Å². The Hall–Kier alpha value is -0.970. The van der Waals surface area contributed by atoms with E-state index in [4.69, 9.17) is 8.42 Å². The Morgan fingerprint density at radius 2 is 0.818 bits per heavy atom. The largest absolute Gasteiger partial charge is 0.476 e. The van der Waals surface area contributed by atoms with Crippen molar-refractivity contribution >= 4 is 10.6 Å². The summed E-state index contributed by atoms with van der Waals surface area (Å²) in [5, 5.41) is 0. The molecule has 0 radical (unpaired) electrons. The molecule has 0 N–H and O–H groups in total. The maximum atomic E-state index is 9.99. The Bertz CT molecular complexity index is 235. The number of hydrogen-bond acceptors (Lipinski definition) is 2. The van der Waals surface area contributed by atoms with Crippen LogP contribution in [0.3, 0.4) is 0 Å². The average Bonchev–Trinajstić information content (AvgIpc) is 1.88. The summed E-state index contributed by atoms with van der Waals surface area (Å²) in [5.41, 5.74) is 0. The molecule has 2 nitrogen and oxygen atoms in total. The van der Waals surface area contributed by atoms with E-state index in [2.05, 4.69) is 0 Å². The zero-order valence-corrected chi connectivity index (χ0v) is 6.26. The summed E-state index contributed by atoms with van der Waals surface area (Å²) in [7, 11) is -5.67. The second-order valence-electron chi connectivity index (χ2n) is 1.53. The van der Waals surface area contributed by atoms with E-state index in [0.29, 0.717) is 0 Å². The fraction of sp³-hybridized carbons (Fsp3) is 0. The summed E-state index contributed by atoms with van der Waals surface area (Å²) in [5.74, 6) is 0. The van der Waals surface area contributed by atoms with E-state index in [1.165, 1.54) is 0 Å². The van der Waals surface area contributed by atoms with Crippen molar-refractivity contribution in [3.8, 4) is 0 Å². The van der Waals surface area contributed by atoms with Crippen molar-refractivity contribution in [2.24, 2.45) is 0 Å². The Labute approximate surface area is 64.0 Å². The van der Waals surface area contributed by atoms with Crippen LogP contribution in [0.1, 0.15) is 0 Å². The first kappa shape index (κ1) is 10.0. The Morgan fingerprint density at radius 3 is 0.909 bits per heavy atom. The van der Waals surface area contributed by atoms with Gasteiger partial charge >= 0.3 is 10.6 Å². The van der Waals surface area contributed by atoms with Crippen LogP contribution in [0.2, 0.25) is 0 Å². The SMILES string of the molecule is O=S(=O)(F)F.c1ccccc1. The topological polar surface area (TPSA) is 34.1 Å². The Balaban J connectivity index is 0.000000187. The zero-order chi connectivity index (χ0) is 8.74. The number of hydrogen-bond donors (Lipinski definition) is 0. The highest BCUT2D eigenvalue weighted by atomic mass is 32.3. The minimum absolute atomic E-state index is 2.00. The van der Waals surface area contributed by atoms with Crippen LogP contribution < -0.4 is 0 Å². The van der Waals surface area contributed by atoms with Gasteiger partial charge in [0.05, 0.1) is 0 Å². The third-order valence-electron chi connectivity index (χ3n) is 0.667. The third-order valence-corrected chi connectivity index (χ3v) is 0.667. The molecule has 0 saturated heterocycles. The van der Waals surface area contributed by atoms with Gasteiger partial charge in [0.2, 0.25) is 0 Å². The minimum Gasteiger partial charge on any atom is -0.160 e. The van der Waals surface area contributed by atoms with Crippen molar-refractivity contribution in [3.05, 3.63) is 36.4 Å². The number of benzene rings is 1. The van der Waals surface area contributed by atoms with Gasteiger partial charge in [0, 0.05) is 0 Å². The van der Waals surface area contributed by atoms with Crippen LogP contribution in [0.4, 0.5) is 7.77 Å². The molecule has 0 amide bonds. The van der Waals surface area contributed by atoms with Crippen LogP contribution in [0.15, 0.2) is 36.4 Å². The number of halogens is 2. The van der Waals surface area contributed by atoms with Gasteiger partial charge < -0.3 is 0 Å². The van der Waals surface area contributed by atoms with E-state index < -0.39 is 10.6 Å². The van der Waals surface area contributed by atoms with E-state index in [9.17, 15) is 7.77 Å². The van der Waals surface area contributed by atoms with Gasteiger partial charge in [0.15, 0.2) is 0 Å². The lowest BCUT2D eigenvalue weighted by Gasteiger charge is -1.69. The van der Waals surface area contributed by atoms with Crippen molar-refractivity contribution in [2.45, 2.75) is 0 Å². The van der Waals surface area contributed by atoms with Gasteiger partial charge in [-0.25, -0.2) is 0 Å². The van der Waals surface area contributed by atoms with Crippen molar-refractivity contribution in [1.82, 2.24) is 0 Å². The molecule has 0 aromatic heterocycles. The predicted octanol–water partition coefficient (Wildman–Crippen LogP) is 1.86. The third kappa shape index (κ3) is 17.6. The normalized spacial score (nSPS) is 9.64. The first-order chi connectivity index (χ1) is 5.00. The fourth-order valence-corrected chi connectivity index (χ4v) is 0.385. The van der Waals surface area contributed by atoms with Crippen LogP contribution in [0, 0.1) is 0 Å². The molecule has 0 aliphatic rings. The fourth-order valence-electron chi connectivity index (χ4n) is 0.385. The molecule has 0 heterocycles. The van der Waals surface area contributed by atoms with Gasteiger partial charge in [-0.15, -0.1) is 0 Å². The first-order valence-electron chi connectivity index (χ1n) is 2.64. The summed E-state index contributed by atoms with van der Waals surface area (Å²) in [6, 6.07) is 12.0. The molecular weight excluding hydrogens is 174 g/mol. The molecule has 0 aliphatic carbocycles. The van der Waals surface area contributed by atoms with Gasteiger partial charge in [-0.3, -0.25) is 0 Å². The molecule has 11 heavy (non-hydrogen) atoms. The quantitative estimate of drug-likeness (QED) is 0.571. The summed E-state index contributed by atoms with van der Waals surface area (Å²) in [6.45, 7) is 0. The van der Waals surface area contributed by atoms with Gasteiger partial charge in [-0.2, -0.15) is 8.42 Å². The van der Waals surface area contributed by atoms with Gasteiger partial charge in [-0.05, 0) is 0 Å². The second kappa shape index (κ2) is 4.79. The van der Waals surface area contributed by atoms with E-state index in [0.717, 1.165) is 0 Å². The van der Waals surface area contributed by atoms with Crippen LogP contribution >= 0.6 is 0 Å². The van der Waals surface area contributed by atoms with Crippen LogP contribution in [-0.4, -0.2) is 8.42 Å². The minimum atomic E-state index is -5.67. The lowest BCUT2D eigenvalue weighted by Crippen LogP contribution is -1.69. The molecule has 0 spiro atoms. The van der Waals surface area contributed by atoms with Crippen LogP contribution in [0.5, 0.6) is 0 Å². The average molecular weight is 180 g/mol. The lowest BCUT2D eigenvalue weighted by molar-refractivity contribution is 0.501. The maximum absolute atomic E-state index is 9.99. The molecule has 1 aromatic carbocycles. The van der Waals surface area contributed by atoms with E-state index in [1.54, 1.807) is 0 Å². The van der Waals surface area contributed by atoms with E-state index in [-0.39, 0.29) is 0 Å². The second-order valence-corrected chi connectivity index (χ2v) is 2.29. The van der Waals surface area contributed by atoms with E-state index >= 15 is 0 Å². The molecule has 1 rings (SSSR count). The molecule has 0 aliphatic heterocycles. The van der Waals surface area contributed by atoms with Gasteiger partial charge in [0.25, 0.3) is 0 Å². The van der Waals surface area contributed by atoms with Crippen molar-refractivity contribution in [3.63, 3.8) is 0 Å². The summed E-state index contributed by atoms with van der Waals surface area (Å²) < 4.78 is 36.6. The highest BCUT2D eigenvalue weighted by Crippen LogP contribution is 1.85. The molecule has 62 valence electrons. The van der Waals surface area contributed by atoms with Crippen LogP contribution in [0.25, 0.3) is 0 Å². The van der Waals surface area contributed by atoms with E-state index in [1.807, 2.05) is 36.4 Å². The monoisotopic (exact) mass is 180 g/mol. The smallest absolute Gasteiger partial charge is 0.160 e. The van der Waals surface area contributed by atoms with Crippen molar-refractivity contribution in [2.75, 3.05) is 0 Å². The summed E-state index contributed by atoms with van der Waals surface area (Å²) >= 11 is 0. The van der Waals surface area contributed by atoms with Crippen molar-refractivity contribution in [1.29, 1.82) is 0 Å². The molecule has 0 fully saturated rings. The predicted molar refractivity (Wildman–Crippen MR) is 37.6 cm³/mol. The molecular formula is C6H6F2O2S. The highest BCUT2D eigenvalue weighted by molar-refractivity contribution is 7.81. The maximum Gasteiger partial charge on any atom is 0.476 e. The van der Waals surface area contributed by atoms with Crippen molar-refractivity contribution < 1.29 is 16.2 Å². The van der Waals surface area contributed by atoms with Crippen LogP contribution in [-0.2, 0) is 10.6 Å². The molecule has 1 aromatic rings. The zero-order valence-electron chi connectivity index (χ0n) is 5.44. The molecule has 5 heteroatoms.